The summed E-state index contributed by atoms with van der Waals surface area (Å²) < 4.78 is 0. The van der Waals surface area contributed by atoms with Crippen molar-refractivity contribution in [2.75, 3.05) is 5.32 Å². The van der Waals surface area contributed by atoms with Gasteiger partial charge in [0.05, 0.1) is 0 Å². The second-order valence-electron chi connectivity index (χ2n) is 9.51. The van der Waals surface area contributed by atoms with Crippen LogP contribution in [0.25, 0.3) is 0 Å². The number of carbonyl (C=O) groups excluding carboxylic acids is 2. The number of pyridine rings is 1. The number of benzene rings is 1. The van der Waals surface area contributed by atoms with Crippen LogP contribution in [-0.2, 0) is 9.59 Å². The van der Waals surface area contributed by atoms with E-state index in [1.807, 2.05) is 57.2 Å². The lowest BCUT2D eigenvalue weighted by atomic mass is 9.68. The van der Waals surface area contributed by atoms with Crippen LogP contribution >= 0.6 is 0 Å². The Labute approximate surface area is 183 Å². The van der Waals surface area contributed by atoms with Gasteiger partial charge in [0.2, 0.25) is 0 Å². The van der Waals surface area contributed by atoms with Crippen molar-refractivity contribution in [3.8, 4) is 0 Å². The van der Waals surface area contributed by atoms with Crippen molar-refractivity contribution in [3.05, 3.63) is 81.8 Å². The molecule has 2 aromatic rings. The van der Waals surface area contributed by atoms with Crippen LogP contribution in [0.2, 0.25) is 0 Å². The van der Waals surface area contributed by atoms with Gasteiger partial charge in [0.15, 0.2) is 5.78 Å². The van der Waals surface area contributed by atoms with E-state index in [1.165, 1.54) is 0 Å². The standard InChI is InChI=1S/C26H29N3O2/c1-15-6-8-18(9-7-15)23-22(25(31)29-21-12-16(2)10-11-27-21)17(3)28-19-13-26(4,5)14-20(30)24(19)23/h6-12,23,28H,13-14H2,1-5H3,(H,27,29,31). The van der Waals surface area contributed by atoms with Crippen molar-refractivity contribution < 1.29 is 9.59 Å². The zero-order valence-electron chi connectivity index (χ0n) is 18.8. The van der Waals surface area contributed by atoms with Crippen molar-refractivity contribution in [3.63, 3.8) is 0 Å². The van der Waals surface area contributed by atoms with Crippen molar-refractivity contribution in [1.29, 1.82) is 0 Å². The summed E-state index contributed by atoms with van der Waals surface area (Å²) in [6.45, 7) is 10.1. The van der Waals surface area contributed by atoms with Gasteiger partial charge in [-0.05, 0) is 55.9 Å². The number of hydrogen-bond acceptors (Lipinski definition) is 4. The Balaban J connectivity index is 1.80. The molecule has 1 aromatic heterocycles. The number of anilines is 1. The topological polar surface area (TPSA) is 71.1 Å². The van der Waals surface area contributed by atoms with Crippen LogP contribution in [0.5, 0.6) is 0 Å². The summed E-state index contributed by atoms with van der Waals surface area (Å²) in [6, 6.07) is 11.8. The van der Waals surface area contributed by atoms with Gasteiger partial charge in [-0.25, -0.2) is 4.98 Å². The van der Waals surface area contributed by atoms with Crippen molar-refractivity contribution in [2.45, 2.75) is 53.4 Å². The number of carbonyl (C=O) groups is 2. The summed E-state index contributed by atoms with van der Waals surface area (Å²) in [4.78, 5) is 31.0. The maximum atomic E-state index is 13.5. The average Bonchev–Trinajstić information content (AvgIpc) is 2.66. The fourth-order valence-electron chi connectivity index (χ4n) is 4.62. The minimum Gasteiger partial charge on any atom is -0.362 e. The molecule has 160 valence electrons. The van der Waals surface area contributed by atoms with Crippen LogP contribution in [0.1, 0.15) is 56.2 Å². The Hall–Kier alpha value is -3.21. The van der Waals surface area contributed by atoms with Crippen LogP contribution < -0.4 is 10.6 Å². The molecule has 0 fully saturated rings. The molecule has 0 spiro atoms. The van der Waals surface area contributed by atoms with Crippen molar-refractivity contribution in [2.24, 2.45) is 5.41 Å². The summed E-state index contributed by atoms with van der Waals surface area (Å²) in [6.07, 6.45) is 2.93. The van der Waals surface area contributed by atoms with Gasteiger partial charge in [-0.2, -0.15) is 0 Å². The Morgan fingerprint density at radius 3 is 2.45 bits per heavy atom. The molecule has 2 heterocycles. The fourth-order valence-corrected chi connectivity index (χ4v) is 4.62. The molecule has 1 aromatic carbocycles. The zero-order valence-corrected chi connectivity index (χ0v) is 18.8. The second kappa shape index (κ2) is 7.80. The largest absolute Gasteiger partial charge is 0.362 e. The summed E-state index contributed by atoms with van der Waals surface area (Å²) in [5, 5.41) is 6.34. The zero-order chi connectivity index (χ0) is 22.3. The predicted molar refractivity (Wildman–Crippen MR) is 122 cm³/mol. The Kier molecular flexibility index (Phi) is 5.29. The van der Waals surface area contributed by atoms with Gasteiger partial charge < -0.3 is 10.6 Å². The summed E-state index contributed by atoms with van der Waals surface area (Å²) in [5.41, 5.74) is 6.01. The van der Waals surface area contributed by atoms with Gasteiger partial charge in [0, 0.05) is 41.1 Å². The minimum atomic E-state index is -0.398. The molecule has 1 amide bonds. The van der Waals surface area contributed by atoms with E-state index in [4.69, 9.17) is 0 Å². The maximum absolute atomic E-state index is 13.5. The highest BCUT2D eigenvalue weighted by Gasteiger charge is 2.42. The average molecular weight is 416 g/mol. The number of Topliss-reactive ketones (excluding diaryl/α,β-unsaturated/α-hetero) is 1. The van der Waals surface area contributed by atoms with Crippen LogP contribution in [0.3, 0.4) is 0 Å². The van der Waals surface area contributed by atoms with Gasteiger partial charge in [-0.15, -0.1) is 0 Å². The molecule has 1 aliphatic carbocycles. The number of aryl methyl sites for hydroxylation is 2. The smallest absolute Gasteiger partial charge is 0.255 e. The molecular weight excluding hydrogens is 386 g/mol. The monoisotopic (exact) mass is 415 g/mol. The molecule has 0 saturated carbocycles. The maximum Gasteiger partial charge on any atom is 0.255 e. The number of aromatic nitrogens is 1. The van der Waals surface area contributed by atoms with E-state index in [-0.39, 0.29) is 17.1 Å². The molecule has 0 radical (unpaired) electrons. The third-order valence-electron chi connectivity index (χ3n) is 6.05. The minimum absolute atomic E-state index is 0.105. The van der Waals surface area contributed by atoms with E-state index in [0.717, 1.165) is 40.1 Å². The predicted octanol–water partition coefficient (Wildman–Crippen LogP) is 4.94. The fraction of sp³-hybridized carbons (Fsp3) is 0.346. The Morgan fingerprint density at radius 1 is 1.06 bits per heavy atom. The van der Waals surface area contributed by atoms with Crippen LogP contribution in [0, 0.1) is 19.3 Å². The Bertz CT molecular complexity index is 1120. The third-order valence-corrected chi connectivity index (χ3v) is 6.05. The number of amides is 1. The molecule has 5 nitrogen and oxygen atoms in total. The number of ketones is 1. The summed E-state index contributed by atoms with van der Waals surface area (Å²) in [5.74, 6) is -0.0252. The molecule has 1 atom stereocenters. The summed E-state index contributed by atoms with van der Waals surface area (Å²) >= 11 is 0. The molecule has 5 heteroatoms. The van der Waals surface area contributed by atoms with E-state index in [1.54, 1.807) is 6.20 Å². The SMILES string of the molecule is CC1=C(C(=O)Nc2cc(C)ccn2)C(c2ccc(C)cc2)C2=C(CC(C)(C)CC2=O)N1. The van der Waals surface area contributed by atoms with Gasteiger partial charge >= 0.3 is 0 Å². The molecule has 1 aliphatic heterocycles. The molecule has 31 heavy (non-hydrogen) atoms. The summed E-state index contributed by atoms with van der Waals surface area (Å²) in [7, 11) is 0. The highest BCUT2D eigenvalue weighted by atomic mass is 16.2. The van der Waals surface area contributed by atoms with Crippen molar-refractivity contribution >= 4 is 17.5 Å². The van der Waals surface area contributed by atoms with Crippen LogP contribution in [0.15, 0.2) is 65.1 Å². The number of nitrogens with one attached hydrogen (secondary N) is 2. The van der Waals surface area contributed by atoms with Gasteiger partial charge in [-0.3, -0.25) is 9.59 Å². The first-order valence-corrected chi connectivity index (χ1v) is 10.7. The Morgan fingerprint density at radius 2 is 1.77 bits per heavy atom. The van der Waals surface area contributed by atoms with Gasteiger partial charge in [-0.1, -0.05) is 43.7 Å². The van der Waals surface area contributed by atoms with Crippen molar-refractivity contribution in [1.82, 2.24) is 10.3 Å². The van der Waals surface area contributed by atoms with Crippen LogP contribution in [-0.4, -0.2) is 16.7 Å². The van der Waals surface area contributed by atoms with E-state index in [0.29, 0.717) is 17.8 Å². The molecule has 2 aliphatic rings. The third kappa shape index (κ3) is 4.18. The quantitative estimate of drug-likeness (QED) is 0.745. The molecule has 0 bridgehead atoms. The first kappa shape index (κ1) is 21.0. The number of nitrogens with zero attached hydrogens (tertiary/aromatic N) is 1. The molecular formula is C26H29N3O2. The number of allylic oxidation sites excluding steroid dienone is 3. The molecule has 1 unspecified atom stereocenters. The number of dihydropyridines is 1. The second-order valence-corrected chi connectivity index (χ2v) is 9.51. The number of hydrogen-bond donors (Lipinski definition) is 2. The lowest BCUT2D eigenvalue weighted by Crippen LogP contribution is -2.39. The normalized spacial score (nSPS) is 20.3. The van der Waals surface area contributed by atoms with E-state index in [2.05, 4.69) is 29.5 Å². The lowest BCUT2D eigenvalue weighted by Gasteiger charge is -2.39. The molecule has 4 rings (SSSR count). The van der Waals surface area contributed by atoms with Gasteiger partial charge in [0.1, 0.15) is 5.82 Å². The van der Waals surface area contributed by atoms with Gasteiger partial charge in [0.25, 0.3) is 5.91 Å². The highest BCUT2D eigenvalue weighted by molar-refractivity contribution is 6.09. The molecule has 0 saturated heterocycles. The van der Waals surface area contributed by atoms with E-state index < -0.39 is 5.92 Å². The van der Waals surface area contributed by atoms with Crippen LogP contribution in [0.4, 0.5) is 5.82 Å². The first-order valence-electron chi connectivity index (χ1n) is 10.7. The highest BCUT2D eigenvalue weighted by Crippen LogP contribution is 2.46. The number of rotatable bonds is 3. The van der Waals surface area contributed by atoms with E-state index >= 15 is 0 Å². The molecule has 2 N–H and O–H groups in total. The lowest BCUT2D eigenvalue weighted by molar-refractivity contribution is -0.118. The first-order chi connectivity index (χ1) is 14.6. The van der Waals surface area contributed by atoms with E-state index in [9.17, 15) is 9.59 Å².